The summed E-state index contributed by atoms with van der Waals surface area (Å²) < 4.78 is 0.797. The standard InChI is InChI=1S/C17H29IN2O/c1-12-19(2)15-5-3-4-6-16(15)20(12)11-17(21)13-7-9-14(18)10-8-13/h12-16H,3-11H2,1-2H3. The summed E-state index contributed by atoms with van der Waals surface area (Å²) in [5.41, 5.74) is 0. The highest BCUT2D eigenvalue weighted by atomic mass is 127. The van der Waals surface area contributed by atoms with Gasteiger partial charge in [-0.3, -0.25) is 14.6 Å². The van der Waals surface area contributed by atoms with Gasteiger partial charge in [-0.05, 0) is 52.5 Å². The largest absolute Gasteiger partial charge is 0.298 e. The minimum absolute atomic E-state index is 0.344. The van der Waals surface area contributed by atoms with Gasteiger partial charge in [-0.15, -0.1) is 0 Å². The first kappa shape index (κ1) is 16.2. The topological polar surface area (TPSA) is 23.6 Å². The molecule has 2 aliphatic carbocycles. The van der Waals surface area contributed by atoms with Gasteiger partial charge in [0, 0.05) is 21.9 Å². The third-order valence-corrected chi connectivity index (χ3v) is 7.41. The lowest BCUT2D eigenvalue weighted by atomic mass is 9.85. The molecule has 1 saturated heterocycles. The predicted molar refractivity (Wildman–Crippen MR) is 94.7 cm³/mol. The van der Waals surface area contributed by atoms with Gasteiger partial charge in [-0.2, -0.15) is 0 Å². The van der Waals surface area contributed by atoms with Crippen LogP contribution in [0.25, 0.3) is 0 Å². The van der Waals surface area contributed by atoms with Crippen molar-refractivity contribution in [3.05, 3.63) is 0 Å². The van der Waals surface area contributed by atoms with Crippen molar-refractivity contribution in [3.63, 3.8) is 0 Å². The van der Waals surface area contributed by atoms with E-state index < -0.39 is 0 Å². The second-order valence-electron chi connectivity index (χ2n) is 7.30. The Hall–Kier alpha value is 0.320. The number of fused-ring (bicyclic) bond motifs is 1. The second kappa shape index (κ2) is 6.83. The molecule has 2 saturated carbocycles. The molecule has 3 fully saturated rings. The molecule has 0 amide bonds. The Kier molecular flexibility index (Phi) is 5.27. The van der Waals surface area contributed by atoms with Gasteiger partial charge in [0.1, 0.15) is 5.78 Å². The normalized spacial score (nSPS) is 42.0. The zero-order valence-corrected chi connectivity index (χ0v) is 15.6. The van der Waals surface area contributed by atoms with E-state index in [1.807, 2.05) is 0 Å². The van der Waals surface area contributed by atoms with E-state index in [-0.39, 0.29) is 0 Å². The lowest BCUT2D eigenvalue weighted by molar-refractivity contribution is -0.125. The minimum atomic E-state index is 0.344. The van der Waals surface area contributed by atoms with Gasteiger partial charge < -0.3 is 0 Å². The fraction of sp³-hybridized carbons (Fsp3) is 0.941. The van der Waals surface area contributed by atoms with Crippen LogP contribution in [0.1, 0.15) is 58.3 Å². The number of alkyl halides is 1. The van der Waals surface area contributed by atoms with Gasteiger partial charge in [0.05, 0.1) is 12.7 Å². The summed E-state index contributed by atoms with van der Waals surface area (Å²) in [5, 5.41) is 0. The van der Waals surface area contributed by atoms with Gasteiger partial charge in [-0.25, -0.2) is 0 Å². The number of carbonyl (C=O) groups excluding carboxylic acids is 1. The maximum absolute atomic E-state index is 12.7. The van der Waals surface area contributed by atoms with Crippen molar-refractivity contribution < 1.29 is 4.79 Å². The van der Waals surface area contributed by atoms with Gasteiger partial charge in [0.15, 0.2) is 0 Å². The smallest absolute Gasteiger partial charge is 0.149 e. The molecule has 120 valence electrons. The van der Waals surface area contributed by atoms with E-state index in [1.165, 1.54) is 38.5 Å². The van der Waals surface area contributed by atoms with E-state index in [1.54, 1.807) is 0 Å². The number of halogens is 1. The molecule has 0 aromatic heterocycles. The van der Waals surface area contributed by atoms with Crippen LogP contribution in [-0.4, -0.2) is 51.3 Å². The van der Waals surface area contributed by atoms with Crippen molar-refractivity contribution in [2.45, 2.75) is 80.5 Å². The van der Waals surface area contributed by atoms with Crippen LogP contribution in [0.4, 0.5) is 0 Å². The van der Waals surface area contributed by atoms with Crippen LogP contribution in [0.15, 0.2) is 0 Å². The lowest BCUT2D eigenvalue weighted by Crippen LogP contribution is -2.44. The molecule has 3 aliphatic rings. The number of hydrogen-bond donors (Lipinski definition) is 0. The van der Waals surface area contributed by atoms with Gasteiger partial charge in [-0.1, -0.05) is 35.4 Å². The highest BCUT2D eigenvalue weighted by molar-refractivity contribution is 14.1. The zero-order chi connectivity index (χ0) is 15.0. The van der Waals surface area contributed by atoms with Crippen LogP contribution < -0.4 is 0 Å². The molecular formula is C17H29IN2O. The van der Waals surface area contributed by atoms with E-state index in [4.69, 9.17) is 0 Å². The van der Waals surface area contributed by atoms with Crippen molar-refractivity contribution in [2.24, 2.45) is 5.92 Å². The van der Waals surface area contributed by atoms with E-state index in [0.717, 1.165) is 16.8 Å². The number of likely N-dealkylation sites (N-methyl/N-ethyl adjacent to an activating group) is 1. The molecule has 3 rings (SSSR count). The van der Waals surface area contributed by atoms with Crippen molar-refractivity contribution in [1.29, 1.82) is 0 Å². The van der Waals surface area contributed by atoms with Crippen LogP contribution >= 0.6 is 22.6 Å². The van der Waals surface area contributed by atoms with Crippen molar-refractivity contribution in [1.82, 2.24) is 9.80 Å². The molecule has 3 atom stereocenters. The predicted octanol–water partition coefficient (Wildman–Crippen LogP) is 3.45. The average Bonchev–Trinajstić information content (AvgIpc) is 2.73. The fourth-order valence-corrected chi connectivity index (χ4v) is 5.39. The quantitative estimate of drug-likeness (QED) is 0.532. The molecule has 3 nitrogen and oxygen atoms in total. The molecule has 0 bridgehead atoms. The monoisotopic (exact) mass is 404 g/mol. The summed E-state index contributed by atoms with van der Waals surface area (Å²) in [6.07, 6.45) is 10.5. The molecule has 0 spiro atoms. The number of Topliss-reactive ketones (excluding diaryl/α,β-unsaturated/α-hetero) is 1. The Bertz CT molecular complexity index is 381. The average molecular weight is 404 g/mol. The van der Waals surface area contributed by atoms with Crippen LogP contribution in [-0.2, 0) is 4.79 Å². The summed E-state index contributed by atoms with van der Waals surface area (Å²) in [6, 6.07) is 1.32. The molecule has 1 aliphatic heterocycles. The third kappa shape index (κ3) is 3.32. The van der Waals surface area contributed by atoms with Gasteiger partial charge >= 0.3 is 0 Å². The Morgan fingerprint density at radius 3 is 2.33 bits per heavy atom. The van der Waals surface area contributed by atoms with Crippen LogP contribution in [0, 0.1) is 5.92 Å². The van der Waals surface area contributed by atoms with E-state index >= 15 is 0 Å². The van der Waals surface area contributed by atoms with Crippen LogP contribution in [0.3, 0.4) is 0 Å². The zero-order valence-electron chi connectivity index (χ0n) is 13.4. The number of hydrogen-bond acceptors (Lipinski definition) is 3. The summed E-state index contributed by atoms with van der Waals surface area (Å²) >= 11 is 2.54. The van der Waals surface area contributed by atoms with E-state index in [9.17, 15) is 4.79 Å². The molecule has 21 heavy (non-hydrogen) atoms. The van der Waals surface area contributed by atoms with Crippen molar-refractivity contribution in [2.75, 3.05) is 13.6 Å². The second-order valence-corrected chi connectivity index (χ2v) is 9.07. The summed E-state index contributed by atoms with van der Waals surface area (Å²) in [6.45, 7) is 2.98. The minimum Gasteiger partial charge on any atom is -0.298 e. The first-order chi connectivity index (χ1) is 10.1. The maximum atomic E-state index is 12.7. The van der Waals surface area contributed by atoms with Crippen molar-refractivity contribution in [3.8, 4) is 0 Å². The molecule has 4 heteroatoms. The number of rotatable bonds is 3. The number of carbonyl (C=O) groups is 1. The van der Waals surface area contributed by atoms with Crippen LogP contribution in [0.5, 0.6) is 0 Å². The molecule has 0 aromatic carbocycles. The molecule has 0 radical (unpaired) electrons. The third-order valence-electron chi connectivity index (χ3n) is 6.16. The molecule has 3 unspecified atom stereocenters. The number of ketones is 1. The van der Waals surface area contributed by atoms with Gasteiger partial charge in [0.2, 0.25) is 0 Å². The molecule has 0 aromatic rings. The Morgan fingerprint density at radius 2 is 1.67 bits per heavy atom. The van der Waals surface area contributed by atoms with E-state index in [2.05, 4.69) is 46.4 Å². The number of nitrogens with zero attached hydrogens (tertiary/aromatic N) is 2. The van der Waals surface area contributed by atoms with Crippen molar-refractivity contribution >= 4 is 28.4 Å². The molecular weight excluding hydrogens is 375 g/mol. The van der Waals surface area contributed by atoms with Gasteiger partial charge in [0.25, 0.3) is 0 Å². The molecule has 0 N–H and O–H groups in total. The Balaban J connectivity index is 1.62. The lowest BCUT2D eigenvalue weighted by Gasteiger charge is -2.33. The molecule has 1 heterocycles. The van der Waals surface area contributed by atoms with E-state index in [0.29, 0.717) is 36.5 Å². The Morgan fingerprint density at radius 1 is 1.05 bits per heavy atom. The Labute approximate surface area is 143 Å². The first-order valence-electron chi connectivity index (χ1n) is 8.72. The highest BCUT2D eigenvalue weighted by Crippen LogP contribution is 2.36. The summed E-state index contributed by atoms with van der Waals surface area (Å²) in [4.78, 5) is 17.8. The van der Waals surface area contributed by atoms with Crippen LogP contribution in [0.2, 0.25) is 0 Å². The first-order valence-corrected chi connectivity index (χ1v) is 9.97. The summed E-state index contributed by atoms with van der Waals surface area (Å²) in [7, 11) is 2.25. The fourth-order valence-electron chi connectivity index (χ4n) is 4.67. The SMILES string of the molecule is CC1N(C)C2CCCCC2N1CC(=O)C1CCC(I)CC1. The highest BCUT2D eigenvalue weighted by Gasteiger charge is 2.44. The maximum Gasteiger partial charge on any atom is 0.149 e. The summed E-state index contributed by atoms with van der Waals surface area (Å²) in [5.74, 6) is 0.862.